The van der Waals surface area contributed by atoms with Crippen LogP contribution in [0.5, 0.6) is 11.5 Å². The molecule has 0 saturated carbocycles. The van der Waals surface area contributed by atoms with Gasteiger partial charge in [0.15, 0.2) is 0 Å². The number of benzene rings is 2. The number of imide groups is 1. The lowest BCUT2D eigenvalue weighted by molar-refractivity contribution is -0.133. The first kappa shape index (κ1) is 22.1. The van der Waals surface area contributed by atoms with E-state index in [4.69, 9.17) is 9.47 Å². The molecule has 8 heteroatoms. The van der Waals surface area contributed by atoms with E-state index >= 15 is 0 Å². The molecule has 2 aromatic carbocycles. The molecule has 1 saturated heterocycles. The maximum Gasteiger partial charge on any atom is 0.325 e. The number of hydrogen-bond donors (Lipinski definition) is 2. The highest BCUT2D eigenvalue weighted by Gasteiger charge is 2.49. The summed E-state index contributed by atoms with van der Waals surface area (Å²) in [7, 11) is 2.99. The zero-order chi connectivity index (χ0) is 22.6. The number of carbonyl (C=O) groups excluding carboxylic acids is 3. The lowest BCUT2D eigenvalue weighted by Crippen LogP contribution is -2.42. The highest BCUT2D eigenvalue weighted by Crippen LogP contribution is 2.31. The molecule has 0 radical (unpaired) electrons. The molecule has 1 atom stereocenters. The SMILES string of the molecule is CCCc1ccc([C@@]2(C)NC(=O)N(CC(=O)Nc3cc(OC)ccc3OC)C2=O)cc1. The zero-order valence-corrected chi connectivity index (χ0v) is 18.2. The Hall–Kier alpha value is -3.55. The number of ether oxygens (including phenoxy) is 2. The lowest BCUT2D eigenvalue weighted by atomic mass is 9.91. The van der Waals surface area contributed by atoms with E-state index in [2.05, 4.69) is 17.6 Å². The number of methoxy groups -OCH3 is 2. The number of urea groups is 1. The topological polar surface area (TPSA) is 97.0 Å². The van der Waals surface area contributed by atoms with Gasteiger partial charge >= 0.3 is 6.03 Å². The fraction of sp³-hybridized carbons (Fsp3) is 0.348. The van der Waals surface area contributed by atoms with Crippen molar-refractivity contribution in [2.45, 2.75) is 32.2 Å². The minimum absolute atomic E-state index is 0.383. The summed E-state index contributed by atoms with van der Waals surface area (Å²) in [6, 6.07) is 11.9. The summed E-state index contributed by atoms with van der Waals surface area (Å²) in [6.07, 6.45) is 1.96. The van der Waals surface area contributed by atoms with Gasteiger partial charge in [0.2, 0.25) is 5.91 Å². The van der Waals surface area contributed by atoms with Crippen molar-refractivity contribution in [1.82, 2.24) is 10.2 Å². The van der Waals surface area contributed by atoms with Crippen LogP contribution in [0.25, 0.3) is 0 Å². The second-order valence-corrected chi connectivity index (χ2v) is 7.51. The molecule has 164 valence electrons. The second-order valence-electron chi connectivity index (χ2n) is 7.51. The number of anilines is 1. The summed E-state index contributed by atoms with van der Waals surface area (Å²) in [6.45, 7) is 3.32. The standard InChI is InChI=1S/C23H27N3O5/c1-5-6-15-7-9-16(10-8-15)23(2)21(28)26(22(29)25-23)14-20(27)24-18-13-17(30-3)11-12-19(18)31-4/h7-13H,5-6,14H2,1-4H3,(H,24,27)(H,25,29)/t23-/m1/s1. The molecule has 0 spiro atoms. The van der Waals surface area contributed by atoms with Crippen molar-refractivity contribution in [2.75, 3.05) is 26.1 Å². The summed E-state index contributed by atoms with van der Waals surface area (Å²) in [5.41, 5.74) is 0.988. The molecule has 2 aromatic rings. The Morgan fingerprint density at radius 3 is 2.42 bits per heavy atom. The van der Waals surface area contributed by atoms with Crippen LogP contribution in [0.2, 0.25) is 0 Å². The summed E-state index contributed by atoms with van der Waals surface area (Å²) >= 11 is 0. The third-order valence-electron chi connectivity index (χ3n) is 5.33. The lowest BCUT2D eigenvalue weighted by Gasteiger charge is -2.22. The molecule has 1 fully saturated rings. The second kappa shape index (κ2) is 9.07. The highest BCUT2D eigenvalue weighted by molar-refractivity contribution is 6.10. The number of aryl methyl sites for hydroxylation is 1. The quantitative estimate of drug-likeness (QED) is 0.634. The van der Waals surface area contributed by atoms with Gasteiger partial charge in [-0.05, 0) is 36.6 Å². The molecular formula is C23H27N3O5. The van der Waals surface area contributed by atoms with Gasteiger partial charge in [-0.1, -0.05) is 37.6 Å². The molecule has 1 aliphatic heterocycles. The largest absolute Gasteiger partial charge is 0.497 e. The minimum atomic E-state index is -1.23. The normalized spacial score (nSPS) is 18.0. The number of nitrogens with zero attached hydrogens (tertiary/aromatic N) is 1. The van der Waals surface area contributed by atoms with Crippen molar-refractivity contribution in [3.8, 4) is 11.5 Å². The Morgan fingerprint density at radius 1 is 1.10 bits per heavy atom. The van der Waals surface area contributed by atoms with E-state index in [-0.39, 0.29) is 0 Å². The van der Waals surface area contributed by atoms with Crippen molar-refractivity contribution in [3.63, 3.8) is 0 Å². The van der Waals surface area contributed by atoms with E-state index < -0.39 is 29.9 Å². The highest BCUT2D eigenvalue weighted by atomic mass is 16.5. The van der Waals surface area contributed by atoms with Crippen molar-refractivity contribution in [3.05, 3.63) is 53.6 Å². The van der Waals surface area contributed by atoms with Gasteiger partial charge in [0, 0.05) is 6.07 Å². The van der Waals surface area contributed by atoms with Gasteiger partial charge in [-0.2, -0.15) is 0 Å². The van der Waals surface area contributed by atoms with Gasteiger partial charge in [-0.3, -0.25) is 14.5 Å². The van der Waals surface area contributed by atoms with Crippen LogP contribution < -0.4 is 20.1 Å². The predicted molar refractivity (Wildman–Crippen MR) is 116 cm³/mol. The molecular weight excluding hydrogens is 398 g/mol. The van der Waals surface area contributed by atoms with Crippen molar-refractivity contribution in [2.24, 2.45) is 0 Å². The van der Waals surface area contributed by atoms with Crippen LogP contribution in [-0.2, 0) is 21.5 Å². The number of carbonyl (C=O) groups is 3. The fourth-order valence-corrected chi connectivity index (χ4v) is 3.57. The van der Waals surface area contributed by atoms with Gasteiger partial charge in [0.25, 0.3) is 5.91 Å². The Morgan fingerprint density at radius 2 is 1.81 bits per heavy atom. The summed E-state index contributed by atoms with van der Waals surface area (Å²) in [5.74, 6) is -0.0420. The van der Waals surface area contributed by atoms with Crippen molar-refractivity contribution in [1.29, 1.82) is 0 Å². The van der Waals surface area contributed by atoms with E-state index in [9.17, 15) is 14.4 Å². The van der Waals surface area contributed by atoms with E-state index in [1.54, 1.807) is 25.1 Å². The molecule has 1 heterocycles. The van der Waals surface area contributed by atoms with Gasteiger partial charge in [0.05, 0.1) is 19.9 Å². The third-order valence-corrected chi connectivity index (χ3v) is 5.33. The molecule has 1 aliphatic rings. The van der Waals surface area contributed by atoms with E-state index in [0.29, 0.717) is 22.7 Å². The Bertz CT molecular complexity index is 989. The number of hydrogen-bond acceptors (Lipinski definition) is 5. The van der Waals surface area contributed by atoms with Crippen LogP contribution in [0.4, 0.5) is 10.5 Å². The van der Waals surface area contributed by atoms with Crippen LogP contribution in [-0.4, -0.2) is 43.5 Å². The maximum absolute atomic E-state index is 13.1. The molecule has 0 unspecified atom stereocenters. The van der Waals surface area contributed by atoms with Gasteiger partial charge in [-0.15, -0.1) is 0 Å². The van der Waals surface area contributed by atoms with E-state index in [1.807, 2.05) is 24.3 Å². The van der Waals surface area contributed by atoms with E-state index in [1.165, 1.54) is 14.2 Å². The number of nitrogens with one attached hydrogen (secondary N) is 2. The minimum Gasteiger partial charge on any atom is -0.497 e. The first-order chi connectivity index (χ1) is 14.8. The van der Waals surface area contributed by atoms with E-state index in [0.717, 1.165) is 23.3 Å². The average Bonchev–Trinajstić information content (AvgIpc) is 2.98. The van der Waals surface area contributed by atoms with Gasteiger partial charge in [-0.25, -0.2) is 4.79 Å². The summed E-state index contributed by atoms with van der Waals surface area (Å²) < 4.78 is 10.4. The number of amides is 4. The molecule has 0 aliphatic carbocycles. The molecule has 31 heavy (non-hydrogen) atoms. The number of rotatable bonds is 8. The van der Waals surface area contributed by atoms with Crippen LogP contribution in [0, 0.1) is 0 Å². The first-order valence-corrected chi connectivity index (χ1v) is 10.1. The van der Waals surface area contributed by atoms with Crippen molar-refractivity contribution < 1.29 is 23.9 Å². The molecule has 2 N–H and O–H groups in total. The monoisotopic (exact) mass is 425 g/mol. The maximum atomic E-state index is 13.1. The molecule has 0 aromatic heterocycles. The van der Waals surface area contributed by atoms with Crippen molar-refractivity contribution >= 4 is 23.5 Å². The molecule has 4 amide bonds. The third kappa shape index (κ3) is 4.47. The summed E-state index contributed by atoms with van der Waals surface area (Å²) in [5, 5.41) is 5.40. The summed E-state index contributed by atoms with van der Waals surface area (Å²) in [4.78, 5) is 39.1. The van der Waals surface area contributed by atoms with Crippen LogP contribution in [0.15, 0.2) is 42.5 Å². The Kier molecular flexibility index (Phi) is 6.48. The van der Waals surface area contributed by atoms with Crippen LogP contribution in [0.1, 0.15) is 31.4 Å². The van der Waals surface area contributed by atoms with Crippen LogP contribution in [0.3, 0.4) is 0 Å². The molecule has 0 bridgehead atoms. The zero-order valence-electron chi connectivity index (χ0n) is 18.2. The van der Waals surface area contributed by atoms with Gasteiger partial charge in [0.1, 0.15) is 23.6 Å². The Labute approximate surface area is 181 Å². The fourth-order valence-electron chi connectivity index (χ4n) is 3.57. The predicted octanol–water partition coefficient (Wildman–Crippen LogP) is 3.06. The average molecular weight is 425 g/mol. The Balaban J connectivity index is 1.74. The molecule has 8 nitrogen and oxygen atoms in total. The first-order valence-electron chi connectivity index (χ1n) is 10.1. The van der Waals surface area contributed by atoms with Gasteiger partial charge < -0.3 is 20.1 Å². The van der Waals surface area contributed by atoms with Crippen LogP contribution >= 0.6 is 0 Å². The molecule has 3 rings (SSSR count). The smallest absolute Gasteiger partial charge is 0.325 e.